The lowest BCUT2D eigenvalue weighted by molar-refractivity contribution is 0.417. The van der Waals surface area contributed by atoms with Crippen LogP contribution in [0.25, 0.3) is 10.9 Å². The van der Waals surface area contributed by atoms with Crippen molar-refractivity contribution < 1.29 is 4.74 Å². The van der Waals surface area contributed by atoms with Crippen molar-refractivity contribution in [2.75, 3.05) is 18.2 Å². The zero-order valence-electron chi connectivity index (χ0n) is 11.4. The fourth-order valence-corrected chi connectivity index (χ4v) is 2.38. The Morgan fingerprint density at radius 3 is 2.81 bits per heavy atom. The van der Waals surface area contributed by atoms with Crippen molar-refractivity contribution in [1.29, 1.82) is 0 Å². The molecule has 0 spiro atoms. The normalized spacial score (nSPS) is 10.6. The summed E-state index contributed by atoms with van der Waals surface area (Å²) >= 11 is 6.04. The lowest BCUT2D eigenvalue weighted by atomic mass is 10.1. The summed E-state index contributed by atoms with van der Waals surface area (Å²) in [7, 11) is 1.61. The number of nitrogens with one attached hydrogen (secondary N) is 1. The van der Waals surface area contributed by atoms with Crippen LogP contribution in [0.2, 0.25) is 5.02 Å². The number of hydrogen-bond acceptors (Lipinski definition) is 4. The smallest absolute Gasteiger partial charge is 0.142 e. The van der Waals surface area contributed by atoms with Gasteiger partial charge in [-0.05, 0) is 42.5 Å². The number of pyridine rings is 1. The largest absolute Gasteiger partial charge is 0.495 e. The number of anilines is 3. The number of halogens is 1. The number of rotatable bonds is 3. The highest BCUT2D eigenvalue weighted by Gasteiger charge is 2.09. The molecule has 106 valence electrons. The summed E-state index contributed by atoms with van der Waals surface area (Å²) in [4.78, 5) is 4.28. The summed E-state index contributed by atoms with van der Waals surface area (Å²) in [5.41, 5.74) is 9.27. The van der Waals surface area contributed by atoms with E-state index in [2.05, 4.69) is 10.3 Å². The molecule has 0 amide bonds. The van der Waals surface area contributed by atoms with E-state index in [0.717, 1.165) is 22.3 Å². The molecule has 3 rings (SSSR count). The number of methoxy groups -OCH3 is 1. The average Bonchev–Trinajstić information content (AvgIpc) is 2.51. The number of nitrogens with zero attached hydrogens (tertiary/aromatic N) is 1. The number of nitrogen functional groups attached to an aromatic ring is 1. The molecule has 3 aromatic rings. The van der Waals surface area contributed by atoms with Gasteiger partial charge in [0.2, 0.25) is 0 Å². The summed E-state index contributed by atoms with van der Waals surface area (Å²) < 4.78 is 5.33. The Bertz CT molecular complexity index is 805. The number of ether oxygens (including phenoxy) is 1. The molecule has 0 fully saturated rings. The van der Waals surface area contributed by atoms with Gasteiger partial charge in [0, 0.05) is 16.6 Å². The van der Waals surface area contributed by atoms with Crippen LogP contribution in [-0.4, -0.2) is 12.1 Å². The van der Waals surface area contributed by atoms with Gasteiger partial charge in [0.1, 0.15) is 5.75 Å². The lowest BCUT2D eigenvalue weighted by Crippen LogP contribution is -1.99. The Morgan fingerprint density at radius 1 is 1.14 bits per heavy atom. The van der Waals surface area contributed by atoms with Crippen LogP contribution >= 0.6 is 11.6 Å². The molecule has 1 heterocycles. The highest BCUT2D eigenvalue weighted by atomic mass is 35.5. The first-order valence-electron chi connectivity index (χ1n) is 6.43. The second-order valence-corrected chi connectivity index (χ2v) is 5.00. The number of aromatic nitrogens is 1. The first-order chi connectivity index (χ1) is 10.2. The molecule has 4 nitrogen and oxygen atoms in total. The monoisotopic (exact) mass is 299 g/mol. The van der Waals surface area contributed by atoms with Gasteiger partial charge in [0.15, 0.2) is 0 Å². The first kappa shape index (κ1) is 13.5. The van der Waals surface area contributed by atoms with Crippen LogP contribution in [0.3, 0.4) is 0 Å². The van der Waals surface area contributed by atoms with Crippen LogP contribution in [0.15, 0.2) is 48.7 Å². The molecule has 0 aliphatic heterocycles. The molecular formula is C16H14ClN3O. The molecule has 21 heavy (non-hydrogen) atoms. The Labute approximate surface area is 127 Å². The van der Waals surface area contributed by atoms with E-state index < -0.39 is 0 Å². The van der Waals surface area contributed by atoms with Crippen LogP contribution < -0.4 is 15.8 Å². The summed E-state index contributed by atoms with van der Waals surface area (Å²) in [5, 5.41) is 4.79. The predicted octanol–water partition coefficient (Wildman–Crippen LogP) is 4.22. The first-order valence-corrected chi connectivity index (χ1v) is 6.80. The highest BCUT2D eigenvalue weighted by molar-refractivity contribution is 6.31. The van der Waals surface area contributed by atoms with Gasteiger partial charge in [0.05, 0.1) is 29.7 Å². The Morgan fingerprint density at radius 2 is 2.00 bits per heavy atom. The van der Waals surface area contributed by atoms with E-state index in [4.69, 9.17) is 22.1 Å². The van der Waals surface area contributed by atoms with Gasteiger partial charge in [-0.15, -0.1) is 0 Å². The van der Waals surface area contributed by atoms with E-state index in [9.17, 15) is 0 Å². The van der Waals surface area contributed by atoms with Crippen LogP contribution in [-0.2, 0) is 0 Å². The summed E-state index contributed by atoms with van der Waals surface area (Å²) in [6.07, 6.45) is 1.74. The molecule has 0 aliphatic rings. The van der Waals surface area contributed by atoms with E-state index >= 15 is 0 Å². The second kappa shape index (κ2) is 5.50. The second-order valence-electron chi connectivity index (χ2n) is 4.57. The minimum Gasteiger partial charge on any atom is -0.495 e. The van der Waals surface area contributed by atoms with Crippen molar-refractivity contribution in [3.05, 3.63) is 53.7 Å². The minimum absolute atomic E-state index is 0.624. The summed E-state index contributed by atoms with van der Waals surface area (Å²) in [6.45, 7) is 0. The van der Waals surface area contributed by atoms with Gasteiger partial charge in [-0.25, -0.2) is 0 Å². The van der Waals surface area contributed by atoms with Crippen LogP contribution in [0.1, 0.15) is 0 Å². The summed E-state index contributed by atoms with van der Waals surface area (Å²) in [6, 6.07) is 13.0. The summed E-state index contributed by atoms with van der Waals surface area (Å²) in [5.74, 6) is 0.699. The van der Waals surface area contributed by atoms with Crippen LogP contribution in [0.5, 0.6) is 5.75 Å². The predicted molar refractivity (Wildman–Crippen MR) is 87.4 cm³/mol. The fraction of sp³-hybridized carbons (Fsp3) is 0.0625. The van der Waals surface area contributed by atoms with Crippen LogP contribution in [0, 0.1) is 0 Å². The van der Waals surface area contributed by atoms with Gasteiger partial charge in [-0.1, -0.05) is 11.6 Å². The molecule has 2 aromatic carbocycles. The van der Waals surface area contributed by atoms with Crippen molar-refractivity contribution in [2.45, 2.75) is 0 Å². The maximum atomic E-state index is 6.22. The van der Waals surface area contributed by atoms with E-state index in [1.54, 1.807) is 25.4 Å². The Balaban J connectivity index is 2.06. The molecule has 0 saturated heterocycles. The Hall–Kier alpha value is -2.46. The van der Waals surface area contributed by atoms with Crippen molar-refractivity contribution in [2.24, 2.45) is 0 Å². The maximum absolute atomic E-state index is 6.22. The van der Waals surface area contributed by atoms with Gasteiger partial charge in [-0.2, -0.15) is 0 Å². The van der Waals surface area contributed by atoms with E-state index in [-0.39, 0.29) is 0 Å². The molecule has 0 aliphatic carbocycles. The highest BCUT2D eigenvalue weighted by Crippen LogP contribution is 2.34. The standard InChI is InChI=1S/C16H14ClN3O/c1-21-15-7-4-10(17)9-14(15)20-13-6-5-12-11(16(13)18)3-2-8-19-12/h2-9,20H,18H2,1H3. The zero-order chi connectivity index (χ0) is 14.8. The zero-order valence-corrected chi connectivity index (χ0v) is 12.2. The van der Waals surface area contributed by atoms with Crippen molar-refractivity contribution in [1.82, 2.24) is 4.98 Å². The molecule has 1 aromatic heterocycles. The molecule has 3 N–H and O–H groups in total. The van der Waals surface area contributed by atoms with Crippen molar-refractivity contribution in [3.63, 3.8) is 0 Å². The third kappa shape index (κ3) is 2.58. The third-order valence-electron chi connectivity index (χ3n) is 3.26. The molecule has 5 heteroatoms. The van der Waals surface area contributed by atoms with Gasteiger partial charge in [0.25, 0.3) is 0 Å². The molecular weight excluding hydrogens is 286 g/mol. The molecule has 0 saturated carbocycles. The van der Waals surface area contributed by atoms with Crippen LogP contribution in [0.4, 0.5) is 17.1 Å². The number of hydrogen-bond donors (Lipinski definition) is 2. The molecule has 0 unspecified atom stereocenters. The quantitative estimate of drug-likeness (QED) is 0.711. The van der Waals surface area contributed by atoms with Crippen molar-refractivity contribution >= 4 is 39.6 Å². The van der Waals surface area contributed by atoms with Gasteiger partial charge < -0.3 is 15.8 Å². The number of benzene rings is 2. The number of fused-ring (bicyclic) bond motifs is 1. The Kier molecular flexibility index (Phi) is 3.54. The molecule has 0 bridgehead atoms. The van der Waals surface area contributed by atoms with Gasteiger partial charge in [-0.3, -0.25) is 4.98 Å². The van der Waals surface area contributed by atoms with Gasteiger partial charge >= 0.3 is 0 Å². The molecule has 0 radical (unpaired) electrons. The fourth-order valence-electron chi connectivity index (χ4n) is 2.21. The number of nitrogens with two attached hydrogens (primary N) is 1. The minimum atomic E-state index is 0.624. The SMILES string of the molecule is COc1ccc(Cl)cc1Nc1ccc2ncccc2c1N. The third-order valence-corrected chi connectivity index (χ3v) is 3.49. The van der Waals surface area contributed by atoms with E-state index in [1.165, 1.54) is 0 Å². The van der Waals surface area contributed by atoms with Crippen molar-refractivity contribution in [3.8, 4) is 5.75 Å². The van der Waals surface area contributed by atoms with E-state index in [0.29, 0.717) is 16.5 Å². The lowest BCUT2D eigenvalue weighted by Gasteiger charge is -2.14. The maximum Gasteiger partial charge on any atom is 0.142 e. The molecule has 0 atom stereocenters. The van der Waals surface area contributed by atoms with E-state index in [1.807, 2.05) is 30.3 Å². The average molecular weight is 300 g/mol. The topological polar surface area (TPSA) is 60.2 Å².